The van der Waals surface area contributed by atoms with Gasteiger partial charge in [-0.15, -0.1) is 0 Å². The number of hydrogen-bond acceptors (Lipinski definition) is 4. The minimum Gasteiger partial charge on any atom is -0.328 e. The quantitative estimate of drug-likeness (QED) is 0.677. The second-order valence-electron chi connectivity index (χ2n) is 7.03. The zero-order valence-electron chi connectivity index (χ0n) is 14.0. The minimum absolute atomic E-state index is 0.0282. The topological polar surface area (TPSA) is 69.0 Å². The molecule has 3 unspecified atom stereocenters. The Bertz CT molecular complexity index is 789. The number of hydrazine groups is 1. The van der Waals surface area contributed by atoms with Crippen LogP contribution in [0.4, 0.5) is 0 Å². The predicted molar refractivity (Wildman–Crippen MR) is 100 cm³/mol. The van der Waals surface area contributed by atoms with E-state index in [0.29, 0.717) is 23.7 Å². The molecule has 0 bridgehead atoms. The van der Waals surface area contributed by atoms with Crippen molar-refractivity contribution in [2.24, 2.45) is 5.92 Å². The molecule has 2 fully saturated rings. The largest absolute Gasteiger partial charge is 0.328 e. The molecule has 132 valence electrons. The van der Waals surface area contributed by atoms with Crippen LogP contribution >= 0.6 is 11.6 Å². The lowest BCUT2D eigenvalue weighted by Gasteiger charge is -2.31. The van der Waals surface area contributed by atoms with Crippen LogP contribution in [0.25, 0.3) is 11.1 Å². The predicted octanol–water partition coefficient (Wildman–Crippen LogP) is 2.43. The van der Waals surface area contributed by atoms with Gasteiger partial charge in [-0.05, 0) is 54.5 Å². The van der Waals surface area contributed by atoms with Crippen LogP contribution in [0.1, 0.15) is 24.8 Å². The van der Waals surface area contributed by atoms with Crippen LogP contribution in [-0.4, -0.2) is 23.6 Å². The molecular weight excluding hydrogens is 336 g/mol. The highest BCUT2D eigenvalue weighted by Gasteiger charge is 2.33. The maximum atomic E-state index is 12.2. The Labute approximate surface area is 152 Å². The molecule has 1 saturated heterocycles. The monoisotopic (exact) mass is 358 g/mol. The highest BCUT2D eigenvalue weighted by Crippen LogP contribution is 2.27. The minimum atomic E-state index is -0.0282. The Morgan fingerprint density at radius 1 is 1.16 bits per heavy atom. The Morgan fingerprint density at radius 3 is 2.84 bits per heavy atom. The number of pyridine rings is 1. The number of halogens is 1. The van der Waals surface area contributed by atoms with E-state index in [1.807, 2.05) is 30.3 Å². The zero-order chi connectivity index (χ0) is 17.2. The summed E-state index contributed by atoms with van der Waals surface area (Å²) in [5.74, 6) is 0.745. The van der Waals surface area contributed by atoms with Gasteiger partial charge in [0.1, 0.15) is 0 Å². The molecule has 2 aliphatic rings. The first-order chi connectivity index (χ1) is 12.2. The molecule has 2 aromatic rings. The van der Waals surface area contributed by atoms with Crippen LogP contribution in [0, 0.1) is 5.92 Å². The van der Waals surface area contributed by atoms with E-state index in [0.717, 1.165) is 35.6 Å². The lowest BCUT2D eigenvalue weighted by Crippen LogP contribution is -2.43. The van der Waals surface area contributed by atoms with E-state index in [4.69, 9.17) is 11.6 Å². The Balaban J connectivity index is 1.44. The van der Waals surface area contributed by atoms with E-state index in [2.05, 4.69) is 21.2 Å². The van der Waals surface area contributed by atoms with Crippen LogP contribution in [-0.2, 0) is 6.54 Å². The first kappa shape index (κ1) is 16.8. The number of aromatic nitrogens is 1. The van der Waals surface area contributed by atoms with Gasteiger partial charge in [0.25, 0.3) is 5.56 Å². The van der Waals surface area contributed by atoms with Gasteiger partial charge >= 0.3 is 0 Å². The van der Waals surface area contributed by atoms with Crippen molar-refractivity contribution < 1.29 is 0 Å². The maximum Gasteiger partial charge on any atom is 0.252 e. The summed E-state index contributed by atoms with van der Waals surface area (Å²) in [4.78, 5) is 15.0. The number of aromatic amines is 1. The molecule has 6 heteroatoms. The van der Waals surface area contributed by atoms with Crippen LogP contribution < -0.4 is 21.7 Å². The Morgan fingerprint density at radius 2 is 2.00 bits per heavy atom. The smallest absolute Gasteiger partial charge is 0.252 e. The fourth-order valence-corrected chi connectivity index (χ4v) is 4.01. The molecule has 0 amide bonds. The highest BCUT2D eigenvalue weighted by atomic mass is 35.5. The number of hydrogen-bond donors (Lipinski definition) is 4. The van der Waals surface area contributed by atoms with Gasteiger partial charge in [0, 0.05) is 42.0 Å². The second kappa shape index (κ2) is 7.30. The molecule has 3 atom stereocenters. The van der Waals surface area contributed by atoms with E-state index < -0.39 is 0 Å². The molecule has 2 heterocycles. The molecule has 1 aliphatic heterocycles. The average molecular weight is 359 g/mol. The van der Waals surface area contributed by atoms with Crippen molar-refractivity contribution in [1.82, 2.24) is 21.2 Å². The van der Waals surface area contributed by atoms with Gasteiger partial charge in [0.15, 0.2) is 0 Å². The fourth-order valence-electron chi connectivity index (χ4n) is 3.89. The summed E-state index contributed by atoms with van der Waals surface area (Å²) >= 11 is 5.95. The van der Waals surface area contributed by atoms with Crippen molar-refractivity contribution in [3.05, 3.63) is 57.5 Å². The summed E-state index contributed by atoms with van der Waals surface area (Å²) in [6.45, 7) is 1.66. The molecule has 1 saturated carbocycles. The van der Waals surface area contributed by atoms with E-state index in [9.17, 15) is 4.79 Å². The summed E-state index contributed by atoms with van der Waals surface area (Å²) in [7, 11) is 0. The number of rotatable bonds is 4. The Hall–Kier alpha value is -1.66. The second-order valence-corrected chi connectivity index (χ2v) is 7.47. The Kier molecular flexibility index (Phi) is 4.90. The normalized spacial score (nSPS) is 25.7. The first-order valence-electron chi connectivity index (χ1n) is 8.88. The van der Waals surface area contributed by atoms with E-state index in [1.165, 1.54) is 12.8 Å². The molecule has 0 spiro atoms. The average Bonchev–Trinajstić information content (AvgIpc) is 3.09. The third-order valence-electron chi connectivity index (χ3n) is 5.38. The van der Waals surface area contributed by atoms with Gasteiger partial charge in [-0.3, -0.25) is 15.6 Å². The van der Waals surface area contributed by atoms with Gasteiger partial charge in [-0.1, -0.05) is 23.7 Å². The van der Waals surface area contributed by atoms with Gasteiger partial charge in [0.2, 0.25) is 0 Å². The third kappa shape index (κ3) is 3.80. The van der Waals surface area contributed by atoms with Crippen molar-refractivity contribution >= 4 is 11.6 Å². The molecule has 0 radical (unpaired) electrons. The third-order valence-corrected chi connectivity index (χ3v) is 5.64. The molecular formula is C19H23ClN4O. The van der Waals surface area contributed by atoms with Crippen molar-refractivity contribution in [3.63, 3.8) is 0 Å². The van der Waals surface area contributed by atoms with Crippen molar-refractivity contribution in [3.8, 4) is 11.1 Å². The molecule has 25 heavy (non-hydrogen) atoms. The summed E-state index contributed by atoms with van der Waals surface area (Å²) < 4.78 is 0. The van der Waals surface area contributed by atoms with Gasteiger partial charge < -0.3 is 10.3 Å². The van der Waals surface area contributed by atoms with E-state index >= 15 is 0 Å². The number of fused-ring (bicyclic) bond motifs is 1. The standard InChI is InChI=1S/C19H23ClN4O/c20-16-4-1-12(2-5-16)14-7-15(19(25)22-9-14)10-21-17-6-3-13-11-23-24-18(13)8-17/h1-2,4-5,7,9,13,17-18,21,23-24H,3,6,8,10-11H2,(H,22,25). The SMILES string of the molecule is O=c1[nH]cc(-c2ccc(Cl)cc2)cc1CNC1CCC2CNNC2C1. The van der Waals surface area contributed by atoms with Gasteiger partial charge in [-0.25, -0.2) is 0 Å². The lowest BCUT2D eigenvalue weighted by atomic mass is 9.83. The summed E-state index contributed by atoms with van der Waals surface area (Å²) in [5, 5.41) is 4.28. The van der Waals surface area contributed by atoms with E-state index in [1.54, 1.807) is 6.20 Å². The molecule has 5 nitrogen and oxygen atoms in total. The zero-order valence-corrected chi connectivity index (χ0v) is 14.8. The molecule has 4 N–H and O–H groups in total. The number of H-pyrrole nitrogens is 1. The highest BCUT2D eigenvalue weighted by molar-refractivity contribution is 6.30. The summed E-state index contributed by atoms with van der Waals surface area (Å²) in [6.07, 6.45) is 5.25. The van der Waals surface area contributed by atoms with Crippen LogP contribution in [0.2, 0.25) is 5.02 Å². The van der Waals surface area contributed by atoms with Gasteiger partial charge in [0.05, 0.1) is 0 Å². The summed E-state index contributed by atoms with van der Waals surface area (Å²) in [6, 6.07) is 10.6. The van der Waals surface area contributed by atoms with Crippen molar-refractivity contribution in [2.75, 3.05) is 6.54 Å². The molecule has 1 aromatic heterocycles. The number of benzene rings is 1. The first-order valence-corrected chi connectivity index (χ1v) is 9.26. The van der Waals surface area contributed by atoms with Crippen molar-refractivity contribution in [1.29, 1.82) is 0 Å². The van der Waals surface area contributed by atoms with Crippen LogP contribution in [0.5, 0.6) is 0 Å². The van der Waals surface area contributed by atoms with Gasteiger partial charge in [-0.2, -0.15) is 0 Å². The fraction of sp³-hybridized carbons (Fsp3) is 0.421. The lowest BCUT2D eigenvalue weighted by molar-refractivity contribution is 0.270. The molecule has 1 aliphatic carbocycles. The van der Waals surface area contributed by atoms with Crippen LogP contribution in [0.15, 0.2) is 41.3 Å². The van der Waals surface area contributed by atoms with E-state index in [-0.39, 0.29) is 5.56 Å². The summed E-state index contributed by atoms with van der Waals surface area (Å²) in [5.41, 5.74) is 9.41. The van der Waals surface area contributed by atoms with Crippen molar-refractivity contribution in [2.45, 2.75) is 37.9 Å². The maximum absolute atomic E-state index is 12.2. The number of nitrogens with one attached hydrogen (secondary N) is 4. The molecule has 1 aromatic carbocycles. The molecule has 4 rings (SSSR count). The van der Waals surface area contributed by atoms with Crippen LogP contribution in [0.3, 0.4) is 0 Å².